The number of hydrogen-bond donors (Lipinski definition) is 0. The summed E-state index contributed by atoms with van der Waals surface area (Å²) in [7, 11) is 1.81. The summed E-state index contributed by atoms with van der Waals surface area (Å²) >= 11 is 12.0. The minimum atomic E-state index is -0.0408. The molecule has 3 rings (SSSR count). The van der Waals surface area contributed by atoms with E-state index >= 15 is 0 Å². The van der Waals surface area contributed by atoms with E-state index in [-0.39, 0.29) is 17.7 Å². The van der Waals surface area contributed by atoms with Crippen molar-refractivity contribution >= 4 is 35.0 Å². The third-order valence-electron chi connectivity index (χ3n) is 5.45. The van der Waals surface area contributed by atoms with Crippen molar-refractivity contribution in [1.82, 2.24) is 9.80 Å². The first kappa shape index (κ1) is 21.7. The fraction of sp³-hybridized carbons (Fsp3) is 0.391. The first-order valence-corrected chi connectivity index (χ1v) is 10.7. The summed E-state index contributed by atoms with van der Waals surface area (Å²) < 4.78 is 0. The van der Waals surface area contributed by atoms with Crippen molar-refractivity contribution in [1.29, 1.82) is 0 Å². The first-order valence-electron chi connectivity index (χ1n) is 9.94. The topological polar surface area (TPSA) is 40.6 Å². The van der Waals surface area contributed by atoms with Crippen LogP contribution in [-0.4, -0.2) is 41.8 Å². The quantitative estimate of drug-likeness (QED) is 0.655. The summed E-state index contributed by atoms with van der Waals surface area (Å²) in [4.78, 5) is 28.9. The van der Waals surface area contributed by atoms with Crippen LogP contribution >= 0.6 is 23.2 Å². The molecular formula is C23H26Cl2N2O2. The van der Waals surface area contributed by atoms with Gasteiger partial charge in [0.15, 0.2) is 0 Å². The molecule has 1 heterocycles. The number of aryl methyl sites for hydroxylation is 1. The van der Waals surface area contributed by atoms with Crippen LogP contribution in [0.4, 0.5) is 0 Å². The van der Waals surface area contributed by atoms with Crippen molar-refractivity contribution in [3.8, 4) is 0 Å². The molecule has 0 spiro atoms. The lowest BCUT2D eigenvalue weighted by atomic mass is 9.94. The van der Waals surface area contributed by atoms with Gasteiger partial charge in [-0.05, 0) is 42.5 Å². The number of carbonyl (C=O) groups excluding carboxylic acids is 2. The van der Waals surface area contributed by atoms with Crippen LogP contribution in [0.15, 0.2) is 48.5 Å². The molecule has 0 N–H and O–H groups in total. The Morgan fingerprint density at radius 1 is 1.00 bits per heavy atom. The van der Waals surface area contributed by atoms with E-state index in [2.05, 4.69) is 0 Å². The third-order valence-corrected chi connectivity index (χ3v) is 6.19. The smallest absolute Gasteiger partial charge is 0.225 e. The summed E-state index contributed by atoms with van der Waals surface area (Å²) in [5, 5.41) is 1.00. The van der Waals surface area contributed by atoms with Gasteiger partial charge in [0.25, 0.3) is 0 Å². The predicted molar refractivity (Wildman–Crippen MR) is 117 cm³/mol. The van der Waals surface area contributed by atoms with Gasteiger partial charge < -0.3 is 9.80 Å². The maximum Gasteiger partial charge on any atom is 0.225 e. The standard InChI is InChI=1S/C23H26Cl2N2O2/c1-26(16-18-7-9-20(24)21(25)15-18)23(29)19-11-13-27(14-12-19)22(28)10-8-17-5-3-2-4-6-17/h2-7,9,15,19H,8,10-14,16H2,1H3. The van der Waals surface area contributed by atoms with Crippen molar-refractivity contribution < 1.29 is 9.59 Å². The van der Waals surface area contributed by atoms with Gasteiger partial charge in [-0.3, -0.25) is 9.59 Å². The van der Waals surface area contributed by atoms with E-state index in [0.29, 0.717) is 48.9 Å². The van der Waals surface area contributed by atoms with Crippen molar-refractivity contribution in [3.05, 3.63) is 69.7 Å². The first-order chi connectivity index (χ1) is 13.9. The van der Waals surface area contributed by atoms with E-state index in [0.717, 1.165) is 12.0 Å². The highest BCUT2D eigenvalue weighted by Crippen LogP contribution is 2.25. The van der Waals surface area contributed by atoms with Crippen LogP contribution in [0.2, 0.25) is 10.0 Å². The van der Waals surface area contributed by atoms with E-state index in [1.165, 1.54) is 5.56 Å². The Bertz CT molecular complexity index is 849. The second-order valence-electron chi connectivity index (χ2n) is 7.58. The van der Waals surface area contributed by atoms with Gasteiger partial charge in [-0.15, -0.1) is 0 Å². The van der Waals surface area contributed by atoms with Crippen molar-refractivity contribution in [2.45, 2.75) is 32.2 Å². The average molecular weight is 433 g/mol. The van der Waals surface area contributed by atoms with E-state index in [1.54, 1.807) is 17.0 Å². The largest absolute Gasteiger partial charge is 0.343 e. The highest BCUT2D eigenvalue weighted by Gasteiger charge is 2.29. The zero-order valence-corrected chi connectivity index (χ0v) is 18.1. The van der Waals surface area contributed by atoms with Crippen LogP contribution in [0.3, 0.4) is 0 Å². The molecule has 6 heteroatoms. The number of piperidine rings is 1. The number of likely N-dealkylation sites (tertiary alicyclic amines) is 1. The van der Waals surface area contributed by atoms with Crippen molar-refractivity contribution in [3.63, 3.8) is 0 Å². The minimum Gasteiger partial charge on any atom is -0.343 e. The average Bonchev–Trinajstić information content (AvgIpc) is 2.75. The molecule has 1 fully saturated rings. The zero-order chi connectivity index (χ0) is 20.8. The molecule has 1 saturated heterocycles. The van der Waals surface area contributed by atoms with Gasteiger partial charge >= 0.3 is 0 Å². The van der Waals surface area contributed by atoms with Gasteiger partial charge in [0.05, 0.1) is 10.0 Å². The van der Waals surface area contributed by atoms with Gasteiger partial charge in [0.2, 0.25) is 11.8 Å². The number of halogens is 2. The molecule has 0 radical (unpaired) electrons. The lowest BCUT2D eigenvalue weighted by Crippen LogP contribution is -2.43. The summed E-state index contributed by atoms with van der Waals surface area (Å²) in [6.07, 6.45) is 2.69. The number of carbonyl (C=O) groups is 2. The van der Waals surface area contributed by atoms with E-state index in [9.17, 15) is 9.59 Å². The molecule has 0 unspecified atom stereocenters. The number of amides is 2. The van der Waals surface area contributed by atoms with Crippen LogP contribution in [0.25, 0.3) is 0 Å². The molecule has 0 aliphatic carbocycles. The van der Waals surface area contributed by atoms with E-state index in [1.807, 2.05) is 48.3 Å². The van der Waals surface area contributed by atoms with E-state index < -0.39 is 0 Å². The molecular weight excluding hydrogens is 407 g/mol. The number of benzene rings is 2. The molecule has 154 valence electrons. The van der Waals surface area contributed by atoms with Gasteiger partial charge in [0, 0.05) is 39.0 Å². The molecule has 0 atom stereocenters. The molecule has 2 aromatic carbocycles. The summed E-state index contributed by atoms with van der Waals surface area (Å²) in [5.41, 5.74) is 2.12. The normalized spacial score (nSPS) is 14.7. The molecule has 0 bridgehead atoms. The van der Waals surface area contributed by atoms with Crippen LogP contribution in [0, 0.1) is 5.92 Å². The second kappa shape index (κ2) is 10.1. The molecule has 4 nitrogen and oxygen atoms in total. The monoisotopic (exact) mass is 432 g/mol. The molecule has 2 aromatic rings. The molecule has 0 saturated carbocycles. The Morgan fingerprint density at radius 3 is 2.34 bits per heavy atom. The van der Waals surface area contributed by atoms with Gasteiger partial charge in [0.1, 0.15) is 0 Å². The Balaban J connectivity index is 1.45. The molecule has 0 aromatic heterocycles. The fourth-order valence-electron chi connectivity index (χ4n) is 3.73. The van der Waals surface area contributed by atoms with Crippen LogP contribution in [0.1, 0.15) is 30.4 Å². The number of nitrogens with zero attached hydrogens (tertiary/aromatic N) is 2. The Kier molecular flexibility index (Phi) is 7.57. The van der Waals surface area contributed by atoms with Crippen molar-refractivity contribution in [2.75, 3.05) is 20.1 Å². The lowest BCUT2D eigenvalue weighted by Gasteiger charge is -2.33. The maximum absolute atomic E-state index is 12.8. The number of hydrogen-bond acceptors (Lipinski definition) is 2. The predicted octanol–water partition coefficient (Wildman–Crippen LogP) is 4.82. The van der Waals surface area contributed by atoms with E-state index in [4.69, 9.17) is 23.2 Å². The molecule has 1 aliphatic rings. The highest BCUT2D eigenvalue weighted by atomic mass is 35.5. The number of rotatable bonds is 6. The molecule has 1 aliphatic heterocycles. The van der Waals surface area contributed by atoms with Gasteiger partial charge in [-0.1, -0.05) is 59.6 Å². The Morgan fingerprint density at radius 2 is 1.69 bits per heavy atom. The van der Waals surface area contributed by atoms with Gasteiger partial charge in [-0.2, -0.15) is 0 Å². The van der Waals surface area contributed by atoms with Crippen molar-refractivity contribution in [2.24, 2.45) is 5.92 Å². The lowest BCUT2D eigenvalue weighted by molar-refractivity contribution is -0.140. The third kappa shape index (κ3) is 5.97. The van der Waals surface area contributed by atoms with Crippen LogP contribution < -0.4 is 0 Å². The van der Waals surface area contributed by atoms with Gasteiger partial charge in [-0.25, -0.2) is 0 Å². The fourth-order valence-corrected chi connectivity index (χ4v) is 4.05. The second-order valence-corrected chi connectivity index (χ2v) is 8.40. The van der Waals surface area contributed by atoms with Crippen LogP contribution in [-0.2, 0) is 22.6 Å². The maximum atomic E-state index is 12.8. The summed E-state index contributed by atoms with van der Waals surface area (Å²) in [6, 6.07) is 15.5. The summed E-state index contributed by atoms with van der Waals surface area (Å²) in [5.74, 6) is 0.248. The molecule has 29 heavy (non-hydrogen) atoms. The highest BCUT2D eigenvalue weighted by molar-refractivity contribution is 6.42. The zero-order valence-electron chi connectivity index (χ0n) is 16.6. The minimum absolute atomic E-state index is 0.0408. The SMILES string of the molecule is CN(Cc1ccc(Cl)c(Cl)c1)C(=O)C1CCN(C(=O)CCc2ccccc2)CC1. The molecule has 2 amide bonds. The Hall–Kier alpha value is -2.04. The Labute approximate surface area is 182 Å². The summed E-state index contributed by atoms with van der Waals surface area (Å²) in [6.45, 7) is 1.78. The van der Waals surface area contributed by atoms with Crippen LogP contribution in [0.5, 0.6) is 0 Å².